The molecule has 0 aliphatic rings. The molecular weight excluding hydrogens is 445 g/mol. The van der Waals surface area contributed by atoms with E-state index in [1.807, 2.05) is 49.4 Å². The number of ether oxygens (including phenoxy) is 2. The molecular formula is C22H20BrClFNO2. The molecule has 0 aromatic heterocycles. The summed E-state index contributed by atoms with van der Waals surface area (Å²) in [5.41, 5.74) is 2.73. The average Bonchev–Trinajstić information content (AvgIpc) is 2.68. The van der Waals surface area contributed by atoms with Gasteiger partial charge in [-0.05, 0) is 76.4 Å². The molecule has 0 aliphatic carbocycles. The topological polar surface area (TPSA) is 30.5 Å². The summed E-state index contributed by atoms with van der Waals surface area (Å²) in [5.74, 6) is 1.01. The van der Waals surface area contributed by atoms with Crippen LogP contribution in [0.25, 0.3) is 0 Å². The maximum absolute atomic E-state index is 13.3. The number of halogens is 3. The molecule has 6 heteroatoms. The van der Waals surface area contributed by atoms with Crippen molar-refractivity contribution < 1.29 is 13.9 Å². The molecule has 3 aromatic carbocycles. The Morgan fingerprint density at radius 3 is 2.57 bits per heavy atom. The van der Waals surface area contributed by atoms with Gasteiger partial charge in [0.05, 0.1) is 11.6 Å². The second-order valence-electron chi connectivity index (χ2n) is 6.12. The zero-order valence-electron chi connectivity index (χ0n) is 15.3. The van der Waals surface area contributed by atoms with Crippen molar-refractivity contribution in [3.05, 3.63) is 87.1 Å². The first-order valence-electron chi connectivity index (χ1n) is 8.87. The molecule has 0 saturated carbocycles. The van der Waals surface area contributed by atoms with Crippen LogP contribution in [0.1, 0.15) is 18.1 Å². The highest BCUT2D eigenvalue weighted by Crippen LogP contribution is 2.30. The summed E-state index contributed by atoms with van der Waals surface area (Å²) in [7, 11) is 0. The van der Waals surface area contributed by atoms with Crippen molar-refractivity contribution in [3.8, 4) is 11.5 Å². The largest absolute Gasteiger partial charge is 0.490 e. The van der Waals surface area contributed by atoms with E-state index in [2.05, 4.69) is 21.2 Å². The van der Waals surface area contributed by atoms with Crippen LogP contribution in [0, 0.1) is 5.82 Å². The number of anilines is 1. The van der Waals surface area contributed by atoms with Crippen LogP contribution in [-0.2, 0) is 13.2 Å². The Labute approximate surface area is 177 Å². The number of benzene rings is 3. The van der Waals surface area contributed by atoms with Crippen molar-refractivity contribution in [1.29, 1.82) is 0 Å². The van der Waals surface area contributed by atoms with Crippen LogP contribution in [0.3, 0.4) is 0 Å². The van der Waals surface area contributed by atoms with Gasteiger partial charge in [-0.2, -0.15) is 0 Å². The van der Waals surface area contributed by atoms with Gasteiger partial charge in [0.15, 0.2) is 11.5 Å². The fraction of sp³-hybridized carbons (Fsp3) is 0.182. The standard InChI is InChI=1S/C22H20BrClFNO2/c1-2-27-22-11-15(13-26-18-7-8-19(23)20(24)12-18)6-9-21(22)28-14-16-4-3-5-17(25)10-16/h3-12,26H,2,13-14H2,1H3. The average molecular weight is 465 g/mol. The molecule has 0 amide bonds. The minimum absolute atomic E-state index is 0.271. The van der Waals surface area contributed by atoms with Gasteiger partial charge >= 0.3 is 0 Å². The maximum Gasteiger partial charge on any atom is 0.161 e. The summed E-state index contributed by atoms with van der Waals surface area (Å²) in [4.78, 5) is 0. The van der Waals surface area contributed by atoms with Gasteiger partial charge in [-0.25, -0.2) is 4.39 Å². The summed E-state index contributed by atoms with van der Waals surface area (Å²) in [6, 6.07) is 17.9. The summed E-state index contributed by atoms with van der Waals surface area (Å²) in [6.07, 6.45) is 0. The molecule has 0 atom stereocenters. The molecule has 0 spiro atoms. The van der Waals surface area contributed by atoms with Crippen LogP contribution in [0.4, 0.5) is 10.1 Å². The monoisotopic (exact) mass is 463 g/mol. The molecule has 0 saturated heterocycles. The van der Waals surface area contributed by atoms with E-state index in [0.717, 1.165) is 21.3 Å². The Balaban J connectivity index is 1.68. The molecule has 3 rings (SSSR count). The third-order valence-corrected chi connectivity index (χ3v) is 5.24. The lowest BCUT2D eigenvalue weighted by Crippen LogP contribution is -2.03. The van der Waals surface area contributed by atoms with Crippen LogP contribution in [0.15, 0.2) is 65.1 Å². The summed E-state index contributed by atoms with van der Waals surface area (Å²) < 4.78 is 25.7. The molecule has 0 radical (unpaired) electrons. The summed E-state index contributed by atoms with van der Waals surface area (Å²) in [5, 5.41) is 3.99. The molecule has 0 fully saturated rings. The smallest absolute Gasteiger partial charge is 0.161 e. The molecule has 1 N–H and O–H groups in total. The Morgan fingerprint density at radius 1 is 0.964 bits per heavy atom. The summed E-state index contributed by atoms with van der Waals surface area (Å²) in [6.45, 7) is 3.33. The number of nitrogens with one attached hydrogen (secondary N) is 1. The van der Waals surface area contributed by atoms with Crippen LogP contribution >= 0.6 is 27.5 Å². The van der Waals surface area contributed by atoms with E-state index >= 15 is 0 Å². The zero-order chi connectivity index (χ0) is 19.9. The molecule has 0 aliphatic heterocycles. The summed E-state index contributed by atoms with van der Waals surface area (Å²) >= 11 is 9.52. The van der Waals surface area contributed by atoms with E-state index in [9.17, 15) is 4.39 Å². The van der Waals surface area contributed by atoms with Crippen LogP contribution in [0.5, 0.6) is 11.5 Å². The zero-order valence-corrected chi connectivity index (χ0v) is 17.7. The molecule has 0 bridgehead atoms. The number of hydrogen-bond donors (Lipinski definition) is 1. The van der Waals surface area contributed by atoms with Gasteiger partial charge < -0.3 is 14.8 Å². The second-order valence-corrected chi connectivity index (χ2v) is 7.38. The second kappa shape index (κ2) is 9.80. The van der Waals surface area contributed by atoms with Gasteiger partial charge in [-0.1, -0.05) is 29.8 Å². The molecule has 28 heavy (non-hydrogen) atoms. The Bertz CT molecular complexity index is 952. The Kier molecular flexibility index (Phi) is 7.18. The predicted octanol–water partition coefficient (Wildman–Crippen LogP) is 6.83. The quantitative estimate of drug-likeness (QED) is 0.396. The first kappa shape index (κ1) is 20.5. The Morgan fingerprint density at radius 2 is 1.82 bits per heavy atom. The van der Waals surface area contributed by atoms with Crippen molar-refractivity contribution in [2.24, 2.45) is 0 Å². The first-order valence-corrected chi connectivity index (χ1v) is 10.0. The third-order valence-electron chi connectivity index (χ3n) is 4.01. The SMILES string of the molecule is CCOc1cc(CNc2ccc(Br)c(Cl)c2)ccc1OCc1cccc(F)c1. The van der Waals surface area contributed by atoms with Gasteiger partial charge in [0, 0.05) is 16.7 Å². The van der Waals surface area contributed by atoms with Gasteiger partial charge in [0.1, 0.15) is 12.4 Å². The van der Waals surface area contributed by atoms with E-state index in [1.165, 1.54) is 12.1 Å². The molecule has 3 aromatic rings. The van der Waals surface area contributed by atoms with Gasteiger partial charge in [-0.15, -0.1) is 0 Å². The highest BCUT2D eigenvalue weighted by molar-refractivity contribution is 9.10. The maximum atomic E-state index is 13.3. The molecule has 0 heterocycles. The van der Waals surface area contributed by atoms with Crippen molar-refractivity contribution in [3.63, 3.8) is 0 Å². The van der Waals surface area contributed by atoms with Crippen LogP contribution < -0.4 is 14.8 Å². The van der Waals surface area contributed by atoms with Crippen LogP contribution in [-0.4, -0.2) is 6.61 Å². The predicted molar refractivity (Wildman–Crippen MR) is 115 cm³/mol. The lowest BCUT2D eigenvalue weighted by Gasteiger charge is -2.14. The van der Waals surface area contributed by atoms with Gasteiger partial charge in [0.2, 0.25) is 0 Å². The highest BCUT2D eigenvalue weighted by atomic mass is 79.9. The van der Waals surface area contributed by atoms with E-state index in [1.54, 1.807) is 6.07 Å². The van der Waals surface area contributed by atoms with Gasteiger partial charge in [0.25, 0.3) is 0 Å². The lowest BCUT2D eigenvalue weighted by atomic mass is 10.2. The van der Waals surface area contributed by atoms with Gasteiger partial charge in [-0.3, -0.25) is 0 Å². The minimum atomic E-state index is -0.277. The van der Waals surface area contributed by atoms with Crippen molar-refractivity contribution >= 4 is 33.2 Å². The van der Waals surface area contributed by atoms with E-state index in [-0.39, 0.29) is 12.4 Å². The minimum Gasteiger partial charge on any atom is -0.490 e. The van der Waals surface area contributed by atoms with Crippen LogP contribution in [0.2, 0.25) is 5.02 Å². The third kappa shape index (κ3) is 5.63. The first-order chi connectivity index (χ1) is 13.5. The van der Waals surface area contributed by atoms with Crippen molar-refractivity contribution in [2.75, 3.05) is 11.9 Å². The normalized spacial score (nSPS) is 10.6. The molecule has 0 unspecified atom stereocenters. The highest BCUT2D eigenvalue weighted by Gasteiger charge is 2.08. The fourth-order valence-electron chi connectivity index (χ4n) is 2.65. The van der Waals surface area contributed by atoms with E-state index in [0.29, 0.717) is 29.7 Å². The van der Waals surface area contributed by atoms with Crippen molar-refractivity contribution in [1.82, 2.24) is 0 Å². The lowest BCUT2D eigenvalue weighted by molar-refractivity contribution is 0.269. The molecule has 146 valence electrons. The fourth-order valence-corrected chi connectivity index (χ4v) is 3.08. The number of rotatable bonds is 8. The Hall–Kier alpha value is -2.24. The van der Waals surface area contributed by atoms with Crippen molar-refractivity contribution in [2.45, 2.75) is 20.1 Å². The van der Waals surface area contributed by atoms with E-state index in [4.69, 9.17) is 21.1 Å². The number of hydrogen-bond acceptors (Lipinski definition) is 3. The molecule has 3 nitrogen and oxygen atoms in total. The van der Waals surface area contributed by atoms with E-state index < -0.39 is 0 Å².